The highest BCUT2D eigenvalue weighted by molar-refractivity contribution is 5.77. The summed E-state index contributed by atoms with van der Waals surface area (Å²) in [5, 5.41) is 4.39. The molecule has 7 heteroatoms. The zero-order valence-electron chi connectivity index (χ0n) is 14.9. The first-order valence-electron chi connectivity index (χ1n) is 8.03. The lowest BCUT2D eigenvalue weighted by Crippen LogP contribution is -2.28. The highest BCUT2D eigenvalue weighted by Crippen LogP contribution is 2.19. The smallest absolute Gasteiger partial charge is 0.252 e. The number of fused-ring (bicyclic) bond motifs is 1. The second-order valence-electron chi connectivity index (χ2n) is 6.02. The van der Waals surface area contributed by atoms with Gasteiger partial charge in [0, 0.05) is 30.5 Å². The van der Waals surface area contributed by atoms with E-state index in [1.54, 1.807) is 23.6 Å². The van der Waals surface area contributed by atoms with Crippen LogP contribution < -0.4 is 4.74 Å². The fraction of sp³-hybridized carbons (Fsp3) is 0.333. The van der Waals surface area contributed by atoms with Gasteiger partial charge in [-0.2, -0.15) is 4.98 Å². The van der Waals surface area contributed by atoms with Crippen LogP contribution >= 0.6 is 0 Å². The van der Waals surface area contributed by atoms with Gasteiger partial charge >= 0.3 is 0 Å². The number of amides is 1. The van der Waals surface area contributed by atoms with Gasteiger partial charge in [-0.15, -0.1) is 5.10 Å². The van der Waals surface area contributed by atoms with E-state index in [0.717, 1.165) is 22.7 Å². The maximum atomic E-state index is 12.5. The minimum Gasteiger partial charge on any atom is -0.496 e. The summed E-state index contributed by atoms with van der Waals surface area (Å²) in [6, 6.07) is 9.59. The number of para-hydroxylation sites is 1. The van der Waals surface area contributed by atoms with Crippen LogP contribution in [-0.4, -0.2) is 44.5 Å². The molecule has 2 heterocycles. The molecule has 1 aromatic carbocycles. The van der Waals surface area contributed by atoms with E-state index in [1.165, 1.54) is 0 Å². The molecule has 0 aliphatic carbocycles. The number of carbonyl (C=O) groups excluding carboxylic acids is 1. The molecule has 0 bridgehead atoms. The van der Waals surface area contributed by atoms with Gasteiger partial charge in [-0.25, -0.2) is 9.50 Å². The first-order chi connectivity index (χ1) is 12.0. The second-order valence-corrected chi connectivity index (χ2v) is 6.02. The topological polar surface area (TPSA) is 72.6 Å². The largest absolute Gasteiger partial charge is 0.496 e. The number of aryl methyl sites for hydroxylation is 2. The SMILES string of the molecule is COc1ccccc1CN(C)C(=O)Cc1nc2nc(C)cc(C)n2n1. The minimum atomic E-state index is -0.0591. The lowest BCUT2D eigenvalue weighted by atomic mass is 10.2. The van der Waals surface area contributed by atoms with Gasteiger partial charge < -0.3 is 9.64 Å². The Balaban J connectivity index is 1.74. The van der Waals surface area contributed by atoms with Crippen molar-refractivity contribution in [3.8, 4) is 5.75 Å². The van der Waals surface area contributed by atoms with Gasteiger partial charge in [0.2, 0.25) is 5.91 Å². The van der Waals surface area contributed by atoms with Gasteiger partial charge in [-0.05, 0) is 26.0 Å². The van der Waals surface area contributed by atoms with Gasteiger partial charge in [0.15, 0.2) is 5.82 Å². The summed E-state index contributed by atoms with van der Waals surface area (Å²) in [5.41, 5.74) is 2.77. The van der Waals surface area contributed by atoms with E-state index >= 15 is 0 Å². The summed E-state index contributed by atoms with van der Waals surface area (Å²) < 4.78 is 7.00. The third-order valence-corrected chi connectivity index (χ3v) is 4.00. The molecule has 3 aromatic rings. The van der Waals surface area contributed by atoms with E-state index in [2.05, 4.69) is 15.1 Å². The van der Waals surface area contributed by atoms with E-state index < -0.39 is 0 Å². The highest BCUT2D eigenvalue weighted by Gasteiger charge is 2.16. The summed E-state index contributed by atoms with van der Waals surface area (Å²) in [6.45, 7) is 4.32. The molecule has 0 saturated heterocycles. The Morgan fingerprint density at radius 1 is 1.24 bits per heavy atom. The molecule has 0 aliphatic heterocycles. The summed E-state index contributed by atoms with van der Waals surface area (Å²) in [5.74, 6) is 1.70. The van der Waals surface area contributed by atoms with Gasteiger partial charge in [0.1, 0.15) is 5.75 Å². The van der Waals surface area contributed by atoms with Crippen LogP contribution in [0.15, 0.2) is 30.3 Å². The maximum Gasteiger partial charge on any atom is 0.252 e. The quantitative estimate of drug-likeness (QED) is 0.710. The molecule has 2 aromatic heterocycles. The molecular weight excluding hydrogens is 318 g/mol. The molecule has 130 valence electrons. The van der Waals surface area contributed by atoms with Gasteiger partial charge in [0.25, 0.3) is 5.78 Å². The number of nitrogens with zero attached hydrogens (tertiary/aromatic N) is 5. The summed E-state index contributed by atoms with van der Waals surface area (Å²) >= 11 is 0. The first kappa shape index (κ1) is 16.9. The zero-order chi connectivity index (χ0) is 18.0. The van der Waals surface area contributed by atoms with E-state index in [1.807, 2.05) is 44.2 Å². The van der Waals surface area contributed by atoms with Crippen molar-refractivity contribution in [1.29, 1.82) is 0 Å². The number of rotatable bonds is 5. The molecule has 0 radical (unpaired) electrons. The zero-order valence-corrected chi connectivity index (χ0v) is 14.9. The van der Waals surface area contributed by atoms with Gasteiger partial charge in [0.05, 0.1) is 13.5 Å². The Morgan fingerprint density at radius 3 is 2.76 bits per heavy atom. The number of hydrogen-bond donors (Lipinski definition) is 0. The van der Waals surface area contributed by atoms with Crippen molar-refractivity contribution in [3.05, 3.63) is 53.1 Å². The van der Waals surface area contributed by atoms with Gasteiger partial charge in [-0.1, -0.05) is 18.2 Å². The van der Waals surface area contributed by atoms with Crippen LogP contribution in [0.25, 0.3) is 5.78 Å². The number of aromatic nitrogens is 4. The fourth-order valence-electron chi connectivity index (χ4n) is 2.73. The number of carbonyl (C=O) groups is 1. The normalized spacial score (nSPS) is 10.9. The molecule has 0 aliphatic rings. The molecule has 7 nitrogen and oxygen atoms in total. The Labute approximate surface area is 146 Å². The van der Waals surface area contributed by atoms with Crippen molar-refractivity contribution >= 4 is 11.7 Å². The highest BCUT2D eigenvalue weighted by atomic mass is 16.5. The van der Waals surface area contributed by atoms with Crippen molar-refractivity contribution in [2.75, 3.05) is 14.2 Å². The van der Waals surface area contributed by atoms with Crippen molar-refractivity contribution in [1.82, 2.24) is 24.5 Å². The summed E-state index contributed by atoms with van der Waals surface area (Å²) in [7, 11) is 3.39. The van der Waals surface area contributed by atoms with Crippen LogP contribution in [0.1, 0.15) is 22.8 Å². The molecule has 1 amide bonds. The van der Waals surface area contributed by atoms with Gasteiger partial charge in [-0.3, -0.25) is 4.79 Å². The summed E-state index contributed by atoms with van der Waals surface area (Å²) in [4.78, 5) is 22.9. The van der Waals surface area contributed by atoms with Crippen molar-refractivity contribution in [3.63, 3.8) is 0 Å². The Hall–Kier alpha value is -2.96. The molecule has 0 atom stereocenters. The Bertz CT molecular complexity index is 919. The molecule has 0 N–H and O–H groups in total. The lowest BCUT2D eigenvalue weighted by molar-refractivity contribution is -0.129. The fourth-order valence-corrected chi connectivity index (χ4v) is 2.73. The molecule has 0 fully saturated rings. The van der Waals surface area contributed by atoms with Crippen molar-refractivity contribution in [2.24, 2.45) is 0 Å². The van der Waals surface area contributed by atoms with E-state index in [0.29, 0.717) is 18.1 Å². The standard InChI is InChI=1S/C18H21N5O2/c1-12-9-13(2)23-18(19-12)20-16(21-23)10-17(24)22(3)11-14-7-5-6-8-15(14)25-4/h5-9H,10-11H2,1-4H3. The van der Waals surface area contributed by atoms with Crippen LogP contribution in [-0.2, 0) is 17.8 Å². The number of ether oxygens (including phenoxy) is 1. The second kappa shape index (κ2) is 6.88. The van der Waals surface area contributed by atoms with Crippen LogP contribution in [0.5, 0.6) is 5.75 Å². The first-order valence-corrected chi connectivity index (χ1v) is 8.03. The maximum absolute atomic E-state index is 12.5. The Kier molecular flexibility index (Phi) is 4.65. The number of hydrogen-bond acceptors (Lipinski definition) is 5. The minimum absolute atomic E-state index is 0.0591. The van der Waals surface area contributed by atoms with Crippen molar-refractivity contribution in [2.45, 2.75) is 26.8 Å². The number of likely N-dealkylation sites (N-methyl/N-ethyl adjacent to an activating group) is 1. The van der Waals surface area contributed by atoms with E-state index in [4.69, 9.17) is 4.74 Å². The molecule has 0 spiro atoms. The predicted octanol–water partition coefficient (Wildman–Crippen LogP) is 1.95. The average molecular weight is 339 g/mol. The monoisotopic (exact) mass is 339 g/mol. The van der Waals surface area contributed by atoms with Crippen LogP contribution in [0.3, 0.4) is 0 Å². The third-order valence-electron chi connectivity index (χ3n) is 4.00. The van der Waals surface area contributed by atoms with E-state index in [-0.39, 0.29) is 12.3 Å². The molecule has 0 saturated carbocycles. The van der Waals surface area contributed by atoms with Crippen molar-refractivity contribution < 1.29 is 9.53 Å². The lowest BCUT2D eigenvalue weighted by Gasteiger charge is -2.18. The van der Waals surface area contributed by atoms with Crippen LogP contribution in [0, 0.1) is 13.8 Å². The average Bonchev–Trinajstić information content (AvgIpc) is 2.97. The summed E-state index contributed by atoms with van der Waals surface area (Å²) in [6.07, 6.45) is 0.132. The van der Waals surface area contributed by atoms with Crippen LogP contribution in [0.4, 0.5) is 0 Å². The van der Waals surface area contributed by atoms with E-state index in [9.17, 15) is 4.79 Å². The molecule has 25 heavy (non-hydrogen) atoms. The molecular formula is C18H21N5O2. The third kappa shape index (κ3) is 3.60. The van der Waals surface area contributed by atoms with Crippen LogP contribution in [0.2, 0.25) is 0 Å². The number of methoxy groups -OCH3 is 1. The predicted molar refractivity (Wildman–Crippen MR) is 93.4 cm³/mol. The number of benzene rings is 1. The molecule has 0 unspecified atom stereocenters. The Morgan fingerprint density at radius 2 is 2.00 bits per heavy atom. The molecule has 3 rings (SSSR count).